The average molecular weight is 546 g/mol. The molecule has 0 bridgehead atoms. The molecule has 0 aliphatic rings. The molecule has 0 radical (unpaired) electrons. The molecule has 0 amide bonds. The number of nitrogens with zero attached hydrogens (tertiary/aromatic N) is 4. The molecule has 2 atom stereocenters. The summed E-state index contributed by atoms with van der Waals surface area (Å²) < 4.78 is 72.8. The van der Waals surface area contributed by atoms with Crippen molar-refractivity contribution in [1.29, 1.82) is 0 Å². The molecule has 0 saturated heterocycles. The fraction of sp³-hybridized carbons (Fsp3) is 0.889. The summed E-state index contributed by atoms with van der Waals surface area (Å²) in [7, 11) is 0. The minimum atomic E-state index is -4.27. The average Bonchev–Trinajstić information content (AvgIpc) is 2.51. The van der Waals surface area contributed by atoms with Crippen molar-refractivity contribution in [2.75, 3.05) is 0 Å². The molecule has 0 aliphatic carbocycles. The Bertz CT molecular complexity index is 448. The van der Waals surface area contributed by atoms with Gasteiger partial charge in [0.1, 0.15) is 0 Å². The maximum absolute atomic E-state index is 12.1. The van der Waals surface area contributed by atoms with E-state index in [2.05, 4.69) is 20.6 Å². The molecule has 0 aliphatic heterocycles. The molecule has 2 unspecified atom stereocenters. The maximum atomic E-state index is 12.1. The van der Waals surface area contributed by atoms with Crippen molar-refractivity contribution in [3.05, 3.63) is 10.6 Å². The third kappa shape index (κ3) is 19.5. The fourth-order valence-corrected chi connectivity index (χ4v) is 1.62. The van der Waals surface area contributed by atoms with E-state index < -0.39 is 24.4 Å². The quantitative estimate of drug-likeness (QED) is 0.149. The molecule has 0 aromatic heterocycles. The molecule has 0 N–H and O–H groups in total. The number of hydrogen-bond donors (Lipinski definition) is 0. The molecule has 30 heavy (non-hydrogen) atoms. The third-order valence-corrected chi connectivity index (χ3v) is 3.08. The van der Waals surface area contributed by atoms with Crippen molar-refractivity contribution >= 4 is 11.7 Å². The van der Waals surface area contributed by atoms with Gasteiger partial charge in [-0.3, -0.25) is 0 Å². The van der Waals surface area contributed by atoms with Gasteiger partial charge < -0.3 is 20.6 Å². The van der Waals surface area contributed by atoms with E-state index in [-0.39, 0.29) is 57.9 Å². The summed E-state index contributed by atoms with van der Waals surface area (Å²) >= 11 is 0. The molecule has 4 nitrogen and oxygen atoms in total. The van der Waals surface area contributed by atoms with Gasteiger partial charge in [-0.25, -0.2) is 0 Å². The molecule has 0 fully saturated rings. The summed E-state index contributed by atoms with van der Waals surface area (Å²) in [4.78, 5) is 8.00. The van der Waals surface area contributed by atoms with Gasteiger partial charge in [0.05, 0.1) is 12.1 Å². The van der Waals surface area contributed by atoms with Gasteiger partial charge in [-0.05, 0) is 24.9 Å². The fourth-order valence-electron chi connectivity index (χ4n) is 1.62. The normalized spacial score (nSPS) is 14.8. The minimum absolute atomic E-state index is 0. The van der Waals surface area contributed by atoms with E-state index in [9.17, 15) is 26.3 Å². The maximum Gasteiger partial charge on any atom is 1.00 e. The molecule has 0 aromatic carbocycles. The van der Waals surface area contributed by atoms with Gasteiger partial charge in [-0.2, -0.15) is 26.3 Å². The smallest absolute Gasteiger partial charge is 0.466 e. The molecule has 188 valence electrons. The van der Waals surface area contributed by atoms with Gasteiger partial charge in [0.25, 0.3) is 0 Å². The van der Waals surface area contributed by atoms with Crippen LogP contribution in [0.3, 0.4) is 0 Å². The zero-order chi connectivity index (χ0) is 22.7. The van der Waals surface area contributed by atoms with Gasteiger partial charge in [0.15, 0.2) is 0 Å². The Morgan fingerprint density at radius 2 is 0.867 bits per heavy atom. The van der Waals surface area contributed by atoms with Crippen LogP contribution in [0.25, 0.3) is 10.6 Å². The minimum Gasteiger partial charge on any atom is -0.466 e. The van der Waals surface area contributed by atoms with Crippen molar-refractivity contribution in [2.24, 2.45) is 9.98 Å². The van der Waals surface area contributed by atoms with Gasteiger partial charge in [-0.15, -0.1) is 0 Å². The van der Waals surface area contributed by atoms with E-state index in [1.807, 2.05) is 27.7 Å². The van der Waals surface area contributed by atoms with Crippen LogP contribution in [0.15, 0.2) is 9.98 Å². The molecule has 0 spiro atoms. The monoisotopic (exact) mass is 544 g/mol. The Hall–Kier alpha value is -0.441. The van der Waals surface area contributed by atoms with E-state index in [1.54, 1.807) is 13.8 Å². The van der Waals surface area contributed by atoms with E-state index in [0.717, 1.165) is 13.8 Å². The second-order valence-corrected chi connectivity index (χ2v) is 6.68. The largest absolute Gasteiger partial charge is 1.00 e. The zero-order valence-electron chi connectivity index (χ0n) is 18.4. The zero-order valence-corrected chi connectivity index (χ0v) is 20.3. The van der Waals surface area contributed by atoms with Crippen LogP contribution < -0.4 is 0 Å². The van der Waals surface area contributed by atoms with Gasteiger partial charge in [0.2, 0.25) is 0 Å². The summed E-state index contributed by atoms with van der Waals surface area (Å²) in [5.74, 6) is 0.564. The molecule has 0 aromatic rings. The summed E-state index contributed by atoms with van der Waals surface area (Å²) in [5, 5.41) is 7.06. The molecular weight excluding hydrogens is 513 g/mol. The van der Waals surface area contributed by atoms with Crippen LogP contribution >= 0.6 is 0 Å². The van der Waals surface area contributed by atoms with E-state index in [4.69, 9.17) is 0 Å². The Morgan fingerprint density at radius 3 is 1.00 bits per heavy atom. The van der Waals surface area contributed by atoms with Crippen LogP contribution in [-0.4, -0.2) is 48.2 Å². The first-order valence-electron chi connectivity index (χ1n) is 9.22. The molecular formula is C18H32Cu2F6N4. The van der Waals surface area contributed by atoms with Crippen molar-refractivity contribution in [2.45, 2.75) is 105 Å². The van der Waals surface area contributed by atoms with Crippen LogP contribution in [0.4, 0.5) is 26.3 Å². The summed E-state index contributed by atoms with van der Waals surface area (Å²) in [5.41, 5.74) is 0. The van der Waals surface area contributed by atoms with Gasteiger partial charge in [0, 0.05) is 0 Å². The number of halogens is 6. The SMILES string of the molecule is CCC(=NC(C)C)[N-]C(C)C(F)(F)F.CCC(=NC(C)C)[N-]C(C)C(F)(F)F.[Cu+].[Cu+]. The Labute approximate surface area is 197 Å². The van der Waals surface area contributed by atoms with Crippen LogP contribution in [0.5, 0.6) is 0 Å². The molecule has 0 saturated carbocycles. The Kier molecular flexibility index (Phi) is 21.1. The number of hydrogen-bond acceptors (Lipinski definition) is 2. The second kappa shape index (κ2) is 17.2. The van der Waals surface area contributed by atoms with Crippen molar-refractivity contribution in [1.82, 2.24) is 0 Å². The standard InChI is InChI=1S/2C9H16F3N2.2Cu/c2*1-5-8(13-6(2)3)14-7(4)9(10,11)12;;/h2*6-7H,5H2,1-4H3;;/q2*-1;2*+1. The number of amidine groups is 2. The van der Waals surface area contributed by atoms with Crippen molar-refractivity contribution in [3.63, 3.8) is 0 Å². The van der Waals surface area contributed by atoms with Gasteiger partial charge >= 0.3 is 46.5 Å². The molecule has 0 rings (SSSR count). The summed E-state index contributed by atoms with van der Waals surface area (Å²) in [6.45, 7) is 12.8. The molecule has 12 heteroatoms. The van der Waals surface area contributed by atoms with Gasteiger partial charge in [-0.1, -0.05) is 67.1 Å². The topological polar surface area (TPSA) is 52.9 Å². The summed E-state index contributed by atoms with van der Waals surface area (Å²) in [6.07, 6.45) is -7.68. The summed E-state index contributed by atoms with van der Waals surface area (Å²) in [6, 6.07) is -3.37. The first-order valence-corrected chi connectivity index (χ1v) is 9.22. The third-order valence-electron chi connectivity index (χ3n) is 3.08. The number of rotatable bonds is 6. The predicted molar refractivity (Wildman–Crippen MR) is 103 cm³/mol. The van der Waals surface area contributed by atoms with E-state index in [1.165, 1.54) is 0 Å². The Balaban J connectivity index is -0.000000211. The van der Waals surface area contributed by atoms with Crippen LogP contribution in [0, 0.1) is 0 Å². The molecule has 0 heterocycles. The first-order chi connectivity index (χ1) is 12.5. The van der Waals surface area contributed by atoms with E-state index in [0.29, 0.717) is 12.8 Å². The van der Waals surface area contributed by atoms with Crippen molar-refractivity contribution < 1.29 is 60.5 Å². The number of alkyl halides is 6. The predicted octanol–water partition coefficient (Wildman–Crippen LogP) is 7.05. The van der Waals surface area contributed by atoms with E-state index >= 15 is 0 Å². The second-order valence-electron chi connectivity index (χ2n) is 6.68. The van der Waals surface area contributed by atoms with Crippen molar-refractivity contribution in [3.8, 4) is 0 Å². The van der Waals surface area contributed by atoms with Crippen LogP contribution in [0.1, 0.15) is 68.2 Å². The first kappa shape index (κ1) is 36.9. The van der Waals surface area contributed by atoms with Crippen LogP contribution in [0.2, 0.25) is 0 Å². The Morgan fingerprint density at radius 1 is 0.633 bits per heavy atom. The number of aliphatic imine (C=N–C) groups is 2. The van der Waals surface area contributed by atoms with Crippen LogP contribution in [-0.2, 0) is 34.1 Å².